The van der Waals surface area contributed by atoms with Crippen LogP contribution >= 0.6 is 0 Å². The molecule has 67 heavy (non-hydrogen) atoms. The summed E-state index contributed by atoms with van der Waals surface area (Å²) in [5, 5.41) is 11.7. The number of morpholine rings is 1. The molecule has 2 aromatic carbocycles. The van der Waals surface area contributed by atoms with Crippen molar-refractivity contribution in [1.29, 1.82) is 0 Å². The Bertz CT molecular complexity index is 1940. The molecule has 6 atom stereocenters. The minimum absolute atomic E-state index is 0.0146. The van der Waals surface area contributed by atoms with Crippen molar-refractivity contribution < 1.29 is 43.0 Å². The molecule has 0 radical (unpaired) electrons. The highest BCUT2D eigenvalue weighted by atomic mass is 16.5. The summed E-state index contributed by atoms with van der Waals surface area (Å²) in [5.41, 5.74) is 3.02. The molecule has 0 spiro atoms. The van der Waals surface area contributed by atoms with Crippen LogP contribution in [0.2, 0.25) is 0 Å². The van der Waals surface area contributed by atoms with Crippen LogP contribution in [0, 0.1) is 23.7 Å². The fourth-order valence-corrected chi connectivity index (χ4v) is 9.13. The molecule has 4 aliphatic rings. The normalized spacial score (nSPS) is 22.3. The number of benzene rings is 2. The highest BCUT2D eigenvalue weighted by molar-refractivity contribution is 6.00. The van der Waals surface area contributed by atoms with Crippen molar-refractivity contribution in [2.45, 2.75) is 104 Å². The topological polar surface area (TPSA) is 188 Å². The average molecular weight is 932 g/mol. The Kier molecular flexibility index (Phi) is 21.1. The lowest BCUT2D eigenvalue weighted by molar-refractivity contribution is -0.138. The van der Waals surface area contributed by atoms with E-state index in [1.807, 2.05) is 71.0 Å². The molecule has 4 fully saturated rings. The Balaban J connectivity index is 0.000000251. The minimum Gasteiger partial charge on any atom is -0.378 e. The van der Waals surface area contributed by atoms with Gasteiger partial charge in [-0.25, -0.2) is 0 Å². The van der Waals surface area contributed by atoms with Crippen molar-refractivity contribution in [1.82, 2.24) is 26.2 Å². The minimum atomic E-state index is -0.720. The van der Waals surface area contributed by atoms with Crippen LogP contribution < -0.4 is 31.1 Å². The molecule has 370 valence electrons. The Labute approximate surface area is 397 Å². The van der Waals surface area contributed by atoms with Crippen molar-refractivity contribution >= 4 is 46.6 Å². The molecule has 0 aliphatic carbocycles. The van der Waals surface area contributed by atoms with Crippen LogP contribution in [0.1, 0.15) is 101 Å². The van der Waals surface area contributed by atoms with Gasteiger partial charge >= 0.3 is 0 Å². The zero-order valence-corrected chi connectivity index (χ0v) is 41.0. The van der Waals surface area contributed by atoms with Gasteiger partial charge in [0, 0.05) is 73.6 Å². The predicted molar refractivity (Wildman–Crippen MR) is 259 cm³/mol. The largest absolute Gasteiger partial charge is 0.378 e. The first-order chi connectivity index (χ1) is 32.2. The van der Waals surface area contributed by atoms with Gasteiger partial charge in [-0.05, 0) is 81.0 Å². The van der Waals surface area contributed by atoms with Gasteiger partial charge in [-0.15, -0.1) is 0 Å². The van der Waals surface area contributed by atoms with Gasteiger partial charge in [0.25, 0.3) is 11.8 Å². The molecule has 4 N–H and O–H groups in total. The van der Waals surface area contributed by atoms with Gasteiger partial charge in [0.2, 0.25) is 11.8 Å². The van der Waals surface area contributed by atoms with Crippen molar-refractivity contribution in [3.8, 4) is 0 Å². The van der Waals surface area contributed by atoms with Gasteiger partial charge in [-0.3, -0.25) is 28.8 Å². The molecule has 4 saturated heterocycles. The molecule has 16 heteroatoms. The van der Waals surface area contributed by atoms with Crippen LogP contribution in [-0.4, -0.2) is 150 Å². The van der Waals surface area contributed by atoms with Gasteiger partial charge in [0.1, 0.15) is 25.3 Å². The van der Waals surface area contributed by atoms with E-state index in [1.165, 1.54) is 0 Å². The molecule has 2 unspecified atom stereocenters. The summed E-state index contributed by atoms with van der Waals surface area (Å²) >= 11 is 0. The van der Waals surface area contributed by atoms with Gasteiger partial charge in [0.05, 0.1) is 38.5 Å². The molecule has 0 saturated carbocycles. The zero-order chi connectivity index (χ0) is 48.5. The summed E-state index contributed by atoms with van der Waals surface area (Å²) in [7, 11) is 2.11. The van der Waals surface area contributed by atoms with Crippen LogP contribution in [-0.2, 0) is 33.4 Å². The van der Waals surface area contributed by atoms with E-state index in [0.29, 0.717) is 50.4 Å². The standard InChI is InChI=1S/C26H40N4O4.C25H37N3O5/c1-5-7-20-16-34-17-23(31)24(20)28-26(33)22(14-18(2)3)27-25(32)19-8-6-9-21(15-19)30-12-10-29(4)11-13-30;1-4-6-19-15-33-16-22(29)23(19)27-25(31)21(13-17(2)3)26-24(30)18-7-5-8-20(14-18)28-9-11-32-12-10-28/h6,8-9,15,18,20,22,24H,5,7,10-14,16-17H2,1-4H3,(H,27,32)(H,28,33);5,7-8,14,17,19,21,23H,4,6,9-13,15-16H2,1-3H3,(H,26,30)(H,27,31)/t20?,22-,24-;19?,21-,23-/m00/s1. The SMILES string of the molecule is CCCC1COCC(=O)[C@H]1NC(=O)[C@H](CC(C)C)NC(=O)c1cccc(N2CCN(C)CC2)c1.CCCC1COCC(=O)[C@H]1NC(=O)[C@H](CC(C)C)NC(=O)c1cccc(N2CCOCC2)c1. The number of nitrogens with zero attached hydrogens (tertiary/aromatic N) is 3. The molecule has 0 aromatic heterocycles. The molecular weight excluding hydrogens is 855 g/mol. The number of Topliss-reactive ketones (excluding diaryl/α,β-unsaturated/α-hetero) is 2. The van der Waals surface area contributed by atoms with E-state index in [2.05, 4.69) is 49.9 Å². The van der Waals surface area contributed by atoms with E-state index in [0.717, 1.165) is 76.3 Å². The summed E-state index contributed by atoms with van der Waals surface area (Å²) in [6.07, 6.45) is 4.38. The van der Waals surface area contributed by atoms with Crippen molar-refractivity contribution in [2.24, 2.45) is 23.7 Å². The van der Waals surface area contributed by atoms with Crippen molar-refractivity contribution in [3.05, 3.63) is 59.7 Å². The van der Waals surface area contributed by atoms with Crippen LogP contribution in [0.4, 0.5) is 11.4 Å². The third kappa shape index (κ3) is 16.1. The Morgan fingerprint density at radius 3 is 1.43 bits per heavy atom. The maximum atomic E-state index is 13.2. The number of anilines is 2. The Morgan fingerprint density at radius 2 is 1.03 bits per heavy atom. The number of hydrogen-bond donors (Lipinski definition) is 4. The van der Waals surface area contributed by atoms with E-state index >= 15 is 0 Å². The smallest absolute Gasteiger partial charge is 0.252 e. The maximum absolute atomic E-state index is 13.2. The first-order valence-corrected chi connectivity index (χ1v) is 24.6. The van der Waals surface area contributed by atoms with Gasteiger partial charge in [0.15, 0.2) is 11.6 Å². The molecule has 0 bridgehead atoms. The fraction of sp³-hybridized carbons (Fsp3) is 0.647. The molecule has 4 amide bonds. The van der Waals surface area contributed by atoms with Crippen molar-refractivity contribution in [3.63, 3.8) is 0 Å². The number of ketones is 2. The number of nitrogens with one attached hydrogen (secondary N) is 4. The number of rotatable bonds is 18. The third-order valence-corrected chi connectivity index (χ3v) is 12.8. The lowest BCUT2D eigenvalue weighted by atomic mass is 9.90. The number of hydrogen-bond acceptors (Lipinski definition) is 12. The van der Waals surface area contributed by atoms with Crippen molar-refractivity contribution in [2.75, 3.05) is 95.8 Å². The monoisotopic (exact) mass is 932 g/mol. The number of ether oxygens (including phenoxy) is 3. The molecule has 16 nitrogen and oxygen atoms in total. The van der Waals surface area contributed by atoms with Crippen LogP contribution in [0.25, 0.3) is 0 Å². The van der Waals surface area contributed by atoms with E-state index in [1.54, 1.807) is 12.1 Å². The fourth-order valence-electron chi connectivity index (χ4n) is 9.13. The molecule has 6 rings (SSSR count). The average Bonchev–Trinajstić information content (AvgIpc) is 3.31. The third-order valence-electron chi connectivity index (χ3n) is 12.8. The summed E-state index contributed by atoms with van der Waals surface area (Å²) in [6, 6.07) is 12.5. The van der Waals surface area contributed by atoms with Gasteiger partial charge in [-0.1, -0.05) is 66.5 Å². The van der Waals surface area contributed by atoms with Crippen LogP contribution in [0.3, 0.4) is 0 Å². The van der Waals surface area contributed by atoms with E-state index in [9.17, 15) is 28.8 Å². The Morgan fingerprint density at radius 1 is 0.612 bits per heavy atom. The molecule has 4 heterocycles. The molecule has 2 aromatic rings. The lowest BCUT2D eigenvalue weighted by Gasteiger charge is -2.34. The number of carbonyl (C=O) groups excluding carboxylic acids is 6. The summed E-state index contributed by atoms with van der Waals surface area (Å²) in [5.74, 6) is -1.10. The summed E-state index contributed by atoms with van der Waals surface area (Å²) in [4.78, 5) is 84.3. The summed E-state index contributed by atoms with van der Waals surface area (Å²) < 4.78 is 16.2. The van der Waals surface area contributed by atoms with E-state index in [4.69, 9.17) is 14.2 Å². The Hall–Kier alpha value is -4.90. The maximum Gasteiger partial charge on any atom is 0.252 e. The number of carbonyl (C=O) groups is 6. The van der Waals surface area contributed by atoms with Gasteiger partial charge in [-0.2, -0.15) is 0 Å². The second-order valence-corrected chi connectivity index (χ2v) is 19.3. The second kappa shape index (κ2) is 26.6. The number of piperazine rings is 1. The first kappa shape index (κ1) is 53.1. The zero-order valence-electron chi connectivity index (χ0n) is 41.0. The molecule has 4 aliphatic heterocycles. The molecular formula is C51H77N7O9. The van der Waals surface area contributed by atoms with Crippen LogP contribution in [0.5, 0.6) is 0 Å². The number of amides is 4. The highest BCUT2D eigenvalue weighted by Gasteiger charge is 2.37. The quantitative estimate of drug-likeness (QED) is 0.167. The second-order valence-electron chi connectivity index (χ2n) is 19.3. The lowest BCUT2D eigenvalue weighted by Crippen LogP contribution is -2.57. The predicted octanol–water partition coefficient (Wildman–Crippen LogP) is 4.25. The van der Waals surface area contributed by atoms with Gasteiger partial charge < -0.3 is 50.2 Å². The first-order valence-electron chi connectivity index (χ1n) is 24.6. The summed E-state index contributed by atoms with van der Waals surface area (Å²) in [6.45, 7) is 19.8. The van der Waals surface area contributed by atoms with Crippen LogP contribution in [0.15, 0.2) is 48.5 Å². The van der Waals surface area contributed by atoms with E-state index < -0.39 is 24.2 Å². The number of likely N-dealkylation sites (N-methyl/N-ethyl adjacent to an activating group) is 1. The van der Waals surface area contributed by atoms with E-state index in [-0.39, 0.29) is 72.1 Å². The highest BCUT2D eigenvalue weighted by Crippen LogP contribution is 2.23.